The molecule has 0 amide bonds. The molecule has 14 heavy (non-hydrogen) atoms. The van der Waals surface area contributed by atoms with Gasteiger partial charge in [-0.2, -0.15) is 0 Å². The molecule has 76 valence electrons. The number of alkyl halides is 1. The zero-order chi connectivity index (χ0) is 10.6. The van der Waals surface area contributed by atoms with E-state index in [1.807, 2.05) is 0 Å². The second-order valence-electron chi connectivity index (χ2n) is 2.68. The van der Waals surface area contributed by atoms with E-state index >= 15 is 0 Å². The largest absolute Gasteiger partial charge is 0.496 e. The fourth-order valence-electron chi connectivity index (χ4n) is 1.16. The Kier molecular flexibility index (Phi) is 4.23. The Bertz CT molecular complexity index is 337. The molecule has 0 fully saturated rings. The Morgan fingerprint density at radius 1 is 1.50 bits per heavy atom. The Labute approximate surface area is 92.8 Å². The summed E-state index contributed by atoms with van der Waals surface area (Å²) in [5.74, 6) is 0.683. The predicted molar refractivity (Wildman–Crippen MR) is 57.7 cm³/mol. The molecule has 0 aromatic heterocycles. The third kappa shape index (κ3) is 2.40. The van der Waals surface area contributed by atoms with Gasteiger partial charge in [-0.15, -0.1) is 11.6 Å². The minimum atomic E-state index is -0.0950. The predicted octanol–water partition coefficient (Wildman–Crippen LogP) is 3.16. The van der Waals surface area contributed by atoms with E-state index in [2.05, 4.69) is 0 Å². The normalized spacial score (nSPS) is 9.93. The van der Waals surface area contributed by atoms with Crippen LogP contribution in [0.5, 0.6) is 5.75 Å². The number of ketones is 1. The first-order valence-corrected chi connectivity index (χ1v) is 5.03. The molecule has 0 aliphatic carbocycles. The third-order valence-electron chi connectivity index (χ3n) is 1.80. The zero-order valence-corrected chi connectivity index (χ0v) is 9.23. The van der Waals surface area contributed by atoms with Crippen LogP contribution in [0.4, 0.5) is 0 Å². The Morgan fingerprint density at radius 3 is 2.79 bits per heavy atom. The number of carbonyl (C=O) groups excluding carboxylic acids is 1. The number of hydrogen-bond acceptors (Lipinski definition) is 2. The molecule has 0 saturated carbocycles. The van der Waals surface area contributed by atoms with E-state index in [1.54, 1.807) is 18.2 Å². The lowest BCUT2D eigenvalue weighted by Gasteiger charge is -2.08. The molecule has 0 atom stereocenters. The van der Waals surface area contributed by atoms with E-state index in [9.17, 15) is 4.79 Å². The second-order valence-corrected chi connectivity index (χ2v) is 3.46. The maximum absolute atomic E-state index is 11.6. The van der Waals surface area contributed by atoms with E-state index in [0.717, 1.165) is 0 Å². The van der Waals surface area contributed by atoms with Crippen LogP contribution in [0.15, 0.2) is 18.2 Å². The summed E-state index contributed by atoms with van der Waals surface area (Å²) in [4.78, 5) is 11.6. The van der Waals surface area contributed by atoms with Crippen molar-refractivity contribution in [3.05, 3.63) is 28.8 Å². The topological polar surface area (TPSA) is 26.3 Å². The van der Waals surface area contributed by atoms with Crippen LogP contribution < -0.4 is 4.74 Å². The Hall–Kier alpha value is -0.730. The second kappa shape index (κ2) is 5.23. The van der Waals surface area contributed by atoms with Gasteiger partial charge in [-0.05, 0) is 12.1 Å². The average Bonchev–Trinajstić information content (AvgIpc) is 2.17. The van der Waals surface area contributed by atoms with Crippen molar-refractivity contribution in [3.8, 4) is 5.75 Å². The van der Waals surface area contributed by atoms with Crippen LogP contribution in [0.2, 0.25) is 5.02 Å². The first-order chi connectivity index (χ1) is 6.70. The van der Waals surface area contributed by atoms with Crippen LogP contribution in [0.1, 0.15) is 16.8 Å². The van der Waals surface area contributed by atoms with Gasteiger partial charge in [0.15, 0.2) is 5.78 Å². The number of halogens is 2. The Morgan fingerprint density at radius 2 is 2.21 bits per heavy atom. The highest BCUT2D eigenvalue weighted by atomic mass is 35.5. The van der Waals surface area contributed by atoms with Crippen molar-refractivity contribution in [1.82, 2.24) is 0 Å². The van der Waals surface area contributed by atoms with E-state index in [0.29, 0.717) is 16.3 Å². The molecule has 1 aromatic carbocycles. The molecular formula is C10H10Cl2O2. The first-order valence-electron chi connectivity index (χ1n) is 4.12. The highest BCUT2D eigenvalue weighted by molar-refractivity contribution is 6.34. The fraction of sp³-hybridized carbons (Fsp3) is 0.300. The van der Waals surface area contributed by atoms with Crippen molar-refractivity contribution in [2.24, 2.45) is 0 Å². The SMILES string of the molecule is COc1cccc(Cl)c1C(=O)CCCl. The van der Waals surface area contributed by atoms with Crippen molar-refractivity contribution in [2.75, 3.05) is 13.0 Å². The summed E-state index contributed by atoms with van der Waals surface area (Å²) < 4.78 is 5.05. The molecule has 0 N–H and O–H groups in total. The summed E-state index contributed by atoms with van der Waals surface area (Å²) in [7, 11) is 1.50. The molecule has 0 unspecified atom stereocenters. The van der Waals surface area contributed by atoms with E-state index in [4.69, 9.17) is 27.9 Å². The molecule has 1 aromatic rings. The lowest BCUT2D eigenvalue weighted by molar-refractivity contribution is 0.0986. The van der Waals surface area contributed by atoms with E-state index < -0.39 is 0 Å². The molecule has 1 rings (SSSR count). The van der Waals surface area contributed by atoms with Gasteiger partial charge < -0.3 is 4.74 Å². The van der Waals surface area contributed by atoms with Crippen molar-refractivity contribution < 1.29 is 9.53 Å². The van der Waals surface area contributed by atoms with Gasteiger partial charge in [-0.1, -0.05) is 17.7 Å². The summed E-state index contributed by atoms with van der Waals surface area (Å²) in [6, 6.07) is 5.09. The summed E-state index contributed by atoms with van der Waals surface area (Å²) in [5, 5.41) is 0.402. The summed E-state index contributed by atoms with van der Waals surface area (Å²) in [5.41, 5.74) is 0.414. The van der Waals surface area contributed by atoms with Gasteiger partial charge in [-0.25, -0.2) is 0 Å². The zero-order valence-electron chi connectivity index (χ0n) is 7.72. The highest BCUT2D eigenvalue weighted by Crippen LogP contribution is 2.27. The van der Waals surface area contributed by atoms with Crippen molar-refractivity contribution in [3.63, 3.8) is 0 Å². The first kappa shape index (κ1) is 11.3. The maximum Gasteiger partial charge on any atom is 0.169 e. The van der Waals surface area contributed by atoms with Gasteiger partial charge in [0.2, 0.25) is 0 Å². The maximum atomic E-state index is 11.6. The van der Waals surface area contributed by atoms with E-state index in [1.165, 1.54) is 7.11 Å². The van der Waals surface area contributed by atoms with Crippen LogP contribution in [0.25, 0.3) is 0 Å². The number of methoxy groups -OCH3 is 1. The van der Waals surface area contributed by atoms with Crippen molar-refractivity contribution in [2.45, 2.75) is 6.42 Å². The molecular weight excluding hydrogens is 223 g/mol. The van der Waals surface area contributed by atoms with Crippen LogP contribution in [-0.4, -0.2) is 18.8 Å². The number of hydrogen-bond donors (Lipinski definition) is 0. The van der Waals surface area contributed by atoms with Gasteiger partial charge in [0.1, 0.15) is 5.75 Å². The minimum Gasteiger partial charge on any atom is -0.496 e. The van der Waals surface area contributed by atoms with Crippen LogP contribution in [0, 0.1) is 0 Å². The quantitative estimate of drug-likeness (QED) is 0.589. The summed E-state index contributed by atoms with van der Waals surface area (Å²) in [6.45, 7) is 0. The molecule has 0 spiro atoms. The molecule has 4 heteroatoms. The average molecular weight is 233 g/mol. The molecule has 0 aliphatic heterocycles. The number of rotatable bonds is 4. The van der Waals surface area contributed by atoms with Gasteiger partial charge in [0.25, 0.3) is 0 Å². The van der Waals surface area contributed by atoms with Crippen LogP contribution in [0.3, 0.4) is 0 Å². The summed E-state index contributed by atoms with van der Waals surface area (Å²) in [6.07, 6.45) is 0.266. The molecule has 0 heterocycles. The monoisotopic (exact) mass is 232 g/mol. The molecule has 0 bridgehead atoms. The third-order valence-corrected chi connectivity index (χ3v) is 2.30. The molecule has 0 radical (unpaired) electrons. The van der Waals surface area contributed by atoms with Crippen LogP contribution in [-0.2, 0) is 0 Å². The highest BCUT2D eigenvalue weighted by Gasteiger charge is 2.14. The number of carbonyl (C=O) groups is 1. The lowest BCUT2D eigenvalue weighted by atomic mass is 10.1. The van der Waals surface area contributed by atoms with Gasteiger partial charge in [0.05, 0.1) is 17.7 Å². The number of Topliss-reactive ketones (excluding diaryl/α,β-unsaturated/α-hetero) is 1. The van der Waals surface area contributed by atoms with E-state index in [-0.39, 0.29) is 18.1 Å². The van der Waals surface area contributed by atoms with Crippen molar-refractivity contribution in [1.29, 1.82) is 0 Å². The van der Waals surface area contributed by atoms with Gasteiger partial charge in [-0.3, -0.25) is 4.79 Å². The Balaban J connectivity index is 3.10. The number of benzene rings is 1. The smallest absolute Gasteiger partial charge is 0.169 e. The lowest BCUT2D eigenvalue weighted by Crippen LogP contribution is -2.03. The fourth-order valence-corrected chi connectivity index (χ4v) is 1.60. The summed E-state index contributed by atoms with van der Waals surface area (Å²) >= 11 is 11.4. The molecule has 0 aliphatic rings. The molecule has 0 saturated heterocycles. The van der Waals surface area contributed by atoms with Crippen molar-refractivity contribution >= 4 is 29.0 Å². The van der Waals surface area contributed by atoms with Crippen LogP contribution >= 0.6 is 23.2 Å². The standard InChI is InChI=1S/C10H10Cl2O2/c1-14-9-4-2-3-7(12)10(9)8(13)5-6-11/h2-4H,5-6H2,1H3. The minimum absolute atomic E-state index is 0.0950. The molecule has 2 nitrogen and oxygen atoms in total. The number of ether oxygens (including phenoxy) is 1. The van der Waals surface area contributed by atoms with Gasteiger partial charge in [0, 0.05) is 12.3 Å². The van der Waals surface area contributed by atoms with Gasteiger partial charge >= 0.3 is 0 Å².